The minimum absolute atomic E-state index is 0.112. The van der Waals surface area contributed by atoms with Crippen molar-refractivity contribution in [2.75, 3.05) is 13.1 Å². The molecule has 3 N–H and O–H groups in total. The van der Waals surface area contributed by atoms with Crippen LogP contribution in [0.1, 0.15) is 33.1 Å². The van der Waals surface area contributed by atoms with Crippen LogP contribution in [-0.4, -0.2) is 36.1 Å². The molecule has 0 aromatic carbocycles. The van der Waals surface area contributed by atoms with E-state index in [9.17, 15) is 9.59 Å². The average molecular weight is 254 g/mol. The van der Waals surface area contributed by atoms with Crippen LogP contribution < -0.4 is 10.6 Å². The first kappa shape index (κ1) is 13.3. The summed E-state index contributed by atoms with van der Waals surface area (Å²) in [5.74, 6) is -1.87. The first-order valence-corrected chi connectivity index (χ1v) is 6.68. The normalized spacial score (nSPS) is 28.8. The number of amides is 1. The molecule has 2 fully saturated rings. The maximum absolute atomic E-state index is 11.9. The van der Waals surface area contributed by atoms with Crippen LogP contribution in [0.15, 0.2) is 0 Å². The van der Waals surface area contributed by atoms with Crippen LogP contribution >= 0.6 is 0 Å². The summed E-state index contributed by atoms with van der Waals surface area (Å²) < 4.78 is 0. The Hall–Kier alpha value is -1.10. The molecule has 2 unspecified atom stereocenters. The van der Waals surface area contributed by atoms with Gasteiger partial charge in [0.2, 0.25) is 5.91 Å². The monoisotopic (exact) mass is 254 g/mol. The molecule has 2 aliphatic rings. The van der Waals surface area contributed by atoms with E-state index in [4.69, 9.17) is 5.11 Å². The van der Waals surface area contributed by atoms with Gasteiger partial charge in [-0.05, 0) is 31.2 Å². The fourth-order valence-electron chi connectivity index (χ4n) is 2.59. The van der Waals surface area contributed by atoms with Gasteiger partial charge in [0.15, 0.2) is 0 Å². The van der Waals surface area contributed by atoms with E-state index in [1.54, 1.807) is 0 Å². The fraction of sp³-hybridized carbons (Fsp3) is 0.846. The van der Waals surface area contributed by atoms with E-state index >= 15 is 0 Å². The molecule has 102 valence electrons. The van der Waals surface area contributed by atoms with Gasteiger partial charge in [-0.15, -0.1) is 0 Å². The molecule has 0 heterocycles. The second kappa shape index (κ2) is 4.88. The predicted molar refractivity (Wildman–Crippen MR) is 67.0 cm³/mol. The van der Waals surface area contributed by atoms with E-state index in [1.165, 1.54) is 12.8 Å². The van der Waals surface area contributed by atoms with Crippen molar-refractivity contribution in [1.29, 1.82) is 0 Å². The number of hydrogen-bond acceptors (Lipinski definition) is 3. The SMILES string of the molecule is CC1(C)C(C(=O)O)C1C(=O)NCCCNC1CC1. The van der Waals surface area contributed by atoms with Gasteiger partial charge in [-0.25, -0.2) is 0 Å². The molecule has 18 heavy (non-hydrogen) atoms. The Balaban J connectivity index is 1.64. The number of carbonyl (C=O) groups is 2. The third-order valence-electron chi connectivity index (χ3n) is 4.04. The highest BCUT2D eigenvalue weighted by molar-refractivity contribution is 5.91. The zero-order valence-corrected chi connectivity index (χ0v) is 11.0. The van der Waals surface area contributed by atoms with Gasteiger partial charge < -0.3 is 15.7 Å². The van der Waals surface area contributed by atoms with Crippen molar-refractivity contribution >= 4 is 11.9 Å². The quantitative estimate of drug-likeness (QED) is 0.581. The standard InChI is InChI=1S/C13H22N2O3/c1-13(2)9(10(13)12(17)18)11(16)15-7-3-6-14-8-4-5-8/h8-10,14H,3-7H2,1-2H3,(H,15,16)(H,17,18). The van der Waals surface area contributed by atoms with Crippen LogP contribution in [0.3, 0.4) is 0 Å². The number of rotatable bonds is 7. The summed E-state index contributed by atoms with van der Waals surface area (Å²) in [7, 11) is 0. The van der Waals surface area contributed by atoms with Gasteiger partial charge in [-0.1, -0.05) is 13.8 Å². The van der Waals surface area contributed by atoms with Crippen LogP contribution in [0.4, 0.5) is 0 Å². The second-order valence-corrected chi connectivity index (χ2v) is 5.99. The van der Waals surface area contributed by atoms with Gasteiger partial charge >= 0.3 is 5.97 Å². The van der Waals surface area contributed by atoms with Gasteiger partial charge in [0, 0.05) is 12.6 Å². The van der Waals surface area contributed by atoms with Crippen molar-refractivity contribution in [3.8, 4) is 0 Å². The van der Waals surface area contributed by atoms with Crippen molar-refractivity contribution in [3.05, 3.63) is 0 Å². The smallest absolute Gasteiger partial charge is 0.307 e. The summed E-state index contributed by atoms with van der Waals surface area (Å²) in [6, 6.07) is 0.694. The molecule has 2 atom stereocenters. The topological polar surface area (TPSA) is 78.4 Å². The molecule has 0 spiro atoms. The maximum Gasteiger partial charge on any atom is 0.307 e. The van der Waals surface area contributed by atoms with E-state index in [0.29, 0.717) is 12.6 Å². The number of hydrogen-bond donors (Lipinski definition) is 3. The molecule has 2 aliphatic carbocycles. The lowest BCUT2D eigenvalue weighted by Gasteiger charge is -2.06. The third-order valence-corrected chi connectivity index (χ3v) is 4.04. The number of carboxylic acid groups (broad SMARTS) is 1. The highest BCUT2D eigenvalue weighted by Crippen LogP contribution is 2.58. The van der Waals surface area contributed by atoms with E-state index in [1.807, 2.05) is 13.8 Å². The lowest BCUT2D eigenvalue weighted by Crippen LogP contribution is -2.30. The lowest BCUT2D eigenvalue weighted by molar-refractivity contribution is -0.140. The second-order valence-electron chi connectivity index (χ2n) is 5.99. The van der Waals surface area contributed by atoms with Gasteiger partial charge in [0.25, 0.3) is 0 Å². The Labute approximate surface area is 107 Å². The minimum Gasteiger partial charge on any atom is -0.481 e. The van der Waals surface area contributed by atoms with E-state index in [0.717, 1.165) is 13.0 Å². The molecular weight excluding hydrogens is 232 g/mol. The van der Waals surface area contributed by atoms with Crippen molar-refractivity contribution in [2.24, 2.45) is 17.3 Å². The third kappa shape index (κ3) is 2.83. The maximum atomic E-state index is 11.9. The zero-order chi connectivity index (χ0) is 13.3. The summed E-state index contributed by atoms with van der Waals surface area (Å²) in [5, 5.41) is 15.2. The number of nitrogens with one attached hydrogen (secondary N) is 2. The number of carbonyl (C=O) groups excluding carboxylic acids is 1. The molecule has 2 saturated carbocycles. The van der Waals surface area contributed by atoms with Crippen molar-refractivity contribution in [1.82, 2.24) is 10.6 Å². The van der Waals surface area contributed by atoms with Gasteiger partial charge in [-0.3, -0.25) is 9.59 Å². The summed E-state index contributed by atoms with van der Waals surface area (Å²) >= 11 is 0. The Morgan fingerprint density at radius 3 is 2.39 bits per heavy atom. The van der Waals surface area contributed by atoms with Crippen molar-refractivity contribution in [2.45, 2.75) is 39.2 Å². The summed E-state index contributed by atoms with van der Waals surface area (Å²) in [6.07, 6.45) is 3.43. The lowest BCUT2D eigenvalue weighted by atomic mass is 10.1. The van der Waals surface area contributed by atoms with Crippen LogP contribution in [0, 0.1) is 17.3 Å². The minimum atomic E-state index is -0.865. The van der Waals surface area contributed by atoms with Gasteiger partial charge in [-0.2, -0.15) is 0 Å². The number of carboxylic acids is 1. The predicted octanol–water partition coefficient (Wildman–Crippen LogP) is 0.602. The van der Waals surface area contributed by atoms with Crippen molar-refractivity contribution < 1.29 is 14.7 Å². The van der Waals surface area contributed by atoms with Gasteiger partial charge in [0.05, 0.1) is 11.8 Å². The van der Waals surface area contributed by atoms with Crippen molar-refractivity contribution in [3.63, 3.8) is 0 Å². The molecule has 0 aliphatic heterocycles. The molecule has 0 bridgehead atoms. The average Bonchev–Trinajstić information content (AvgIpc) is 3.14. The molecule has 0 aromatic heterocycles. The van der Waals surface area contributed by atoms with Crippen LogP contribution in [0.5, 0.6) is 0 Å². The molecule has 0 saturated heterocycles. The molecule has 5 heteroatoms. The largest absolute Gasteiger partial charge is 0.481 e. The Morgan fingerprint density at radius 2 is 1.89 bits per heavy atom. The zero-order valence-electron chi connectivity index (χ0n) is 11.0. The van der Waals surface area contributed by atoms with Gasteiger partial charge in [0.1, 0.15) is 0 Å². The first-order valence-electron chi connectivity index (χ1n) is 6.68. The molecule has 0 aromatic rings. The van der Waals surface area contributed by atoms with E-state index < -0.39 is 17.3 Å². The summed E-state index contributed by atoms with van der Waals surface area (Å²) in [5.41, 5.74) is -0.401. The van der Waals surface area contributed by atoms with E-state index in [2.05, 4.69) is 10.6 Å². The molecular formula is C13H22N2O3. The van der Waals surface area contributed by atoms with Crippen LogP contribution in [-0.2, 0) is 9.59 Å². The Morgan fingerprint density at radius 1 is 1.22 bits per heavy atom. The Kier molecular flexibility index (Phi) is 3.61. The van der Waals surface area contributed by atoms with Crippen LogP contribution in [0.25, 0.3) is 0 Å². The van der Waals surface area contributed by atoms with E-state index in [-0.39, 0.29) is 11.8 Å². The summed E-state index contributed by atoms with van der Waals surface area (Å²) in [6.45, 7) is 5.22. The first-order chi connectivity index (χ1) is 8.44. The molecule has 1 amide bonds. The van der Waals surface area contributed by atoms with Crippen LogP contribution in [0.2, 0.25) is 0 Å². The number of aliphatic carboxylic acids is 1. The highest BCUT2D eigenvalue weighted by atomic mass is 16.4. The molecule has 5 nitrogen and oxygen atoms in total. The highest BCUT2D eigenvalue weighted by Gasteiger charge is 2.65. The molecule has 0 radical (unpaired) electrons. The molecule has 2 rings (SSSR count). The Bertz CT molecular complexity index is 350. The summed E-state index contributed by atoms with van der Waals surface area (Å²) in [4.78, 5) is 22.8. The fourth-order valence-corrected chi connectivity index (χ4v) is 2.59.